The number of anilines is 1. The van der Waals surface area contributed by atoms with Crippen LogP contribution in [0.2, 0.25) is 5.02 Å². The molecule has 2 amide bonds. The molecule has 0 spiro atoms. The van der Waals surface area contributed by atoms with Crippen molar-refractivity contribution < 1.29 is 13.2 Å². The van der Waals surface area contributed by atoms with Crippen molar-refractivity contribution in [2.75, 3.05) is 11.9 Å². The number of urea groups is 1. The van der Waals surface area contributed by atoms with Gasteiger partial charge in [0.2, 0.25) is 10.0 Å². The monoisotopic (exact) mass is 405 g/mol. The minimum atomic E-state index is -3.61. The highest BCUT2D eigenvalue weighted by Crippen LogP contribution is 2.39. The van der Waals surface area contributed by atoms with Crippen LogP contribution in [-0.4, -0.2) is 38.0 Å². The highest BCUT2D eigenvalue weighted by Gasteiger charge is 2.48. The number of hydrogen-bond acceptors (Lipinski definition) is 3. The van der Waals surface area contributed by atoms with Gasteiger partial charge >= 0.3 is 6.03 Å². The molecule has 3 unspecified atom stereocenters. The number of piperidine rings is 1. The zero-order valence-corrected chi connectivity index (χ0v) is 16.1. The lowest BCUT2D eigenvalue weighted by Crippen LogP contribution is -2.52. The van der Waals surface area contributed by atoms with Gasteiger partial charge < -0.3 is 10.2 Å². The van der Waals surface area contributed by atoms with E-state index in [0.717, 1.165) is 12.8 Å². The SMILES string of the molecule is O=C(Nc1ccccc1Cl)N1CC2CC(NS(=O)(=O)c3ccccc3)C1C2. The van der Waals surface area contributed by atoms with Crippen molar-refractivity contribution in [3.8, 4) is 0 Å². The molecule has 4 rings (SSSR count). The molecule has 2 bridgehead atoms. The predicted molar refractivity (Wildman–Crippen MR) is 104 cm³/mol. The van der Waals surface area contributed by atoms with Gasteiger partial charge in [0.05, 0.1) is 21.6 Å². The van der Waals surface area contributed by atoms with Crippen molar-refractivity contribution >= 4 is 33.3 Å². The van der Waals surface area contributed by atoms with E-state index in [0.29, 0.717) is 23.2 Å². The second-order valence-electron chi connectivity index (χ2n) is 7.01. The Bertz CT molecular complexity index is 952. The molecule has 1 aliphatic carbocycles. The van der Waals surface area contributed by atoms with Crippen LogP contribution in [-0.2, 0) is 10.0 Å². The highest BCUT2D eigenvalue weighted by molar-refractivity contribution is 7.89. The molecule has 2 N–H and O–H groups in total. The first-order valence-electron chi connectivity index (χ1n) is 8.83. The van der Waals surface area contributed by atoms with Crippen molar-refractivity contribution in [1.29, 1.82) is 0 Å². The second kappa shape index (κ2) is 7.14. The standard InChI is InChI=1S/C19H20ClN3O3S/c20-15-8-4-5-9-16(15)21-19(24)23-12-13-10-17(18(23)11-13)22-27(25,26)14-6-2-1-3-7-14/h1-9,13,17-18,22H,10-12H2,(H,21,24). The summed E-state index contributed by atoms with van der Waals surface area (Å²) in [6, 6.07) is 14.7. The first-order valence-corrected chi connectivity index (χ1v) is 10.7. The Morgan fingerprint density at radius 2 is 1.74 bits per heavy atom. The number of fused-ring (bicyclic) bond motifs is 2. The highest BCUT2D eigenvalue weighted by atomic mass is 35.5. The number of nitrogens with one attached hydrogen (secondary N) is 2. The van der Waals surface area contributed by atoms with Crippen molar-refractivity contribution in [2.45, 2.75) is 29.8 Å². The van der Waals surface area contributed by atoms with Gasteiger partial charge in [-0.05, 0) is 43.0 Å². The summed E-state index contributed by atoms with van der Waals surface area (Å²) >= 11 is 6.11. The Hall–Kier alpha value is -2.09. The van der Waals surface area contributed by atoms with Crippen LogP contribution in [0, 0.1) is 5.92 Å². The van der Waals surface area contributed by atoms with Gasteiger partial charge in [0.15, 0.2) is 0 Å². The molecule has 3 atom stereocenters. The number of halogens is 1. The van der Waals surface area contributed by atoms with Crippen LogP contribution in [0.5, 0.6) is 0 Å². The number of nitrogens with zero attached hydrogens (tertiary/aromatic N) is 1. The molecule has 0 aromatic heterocycles. The maximum Gasteiger partial charge on any atom is 0.322 e. The van der Waals surface area contributed by atoms with E-state index >= 15 is 0 Å². The summed E-state index contributed by atoms with van der Waals surface area (Å²) in [4.78, 5) is 14.7. The fourth-order valence-corrected chi connectivity index (χ4v) is 5.49. The molecule has 1 heterocycles. The molecule has 2 aliphatic rings. The minimum absolute atomic E-state index is 0.157. The summed E-state index contributed by atoms with van der Waals surface area (Å²) in [6.07, 6.45) is 1.55. The van der Waals surface area contributed by atoms with Crippen LogP contribution in [0.1, 0.15) is 12.8 Å². The van der Waals surface area contributed by atoms with Crippen LogP contribution < -0.4 is 10.0 Å². The van der Waals surface area contributed by atoms with Crippen molar-refractivity contribution in [3.05, 3.63) is 59.6 Å². The fourth-order valence-electron chi connectivity index (χ4n) is 4.00. The maximum absolute atomic E-state index is 12.7. The summed E-state index contributed by atoms with van der Waals surface area (Å²) in [5.41, 5.74) is 0.549. The predicted octanol–water partition coefficient (Wildman–Crippen LogP) is 3.31. The molecule has 27 heavy (non-hydrogen) atoms. The van der Waals surface area contributed by atoms with E-state index in [1.165, 1.54) is 0 Å². The van der Waals surface area contributed by atoms with Crippen LogP contribution in [0.25, 0.3) is 0 Å². The molecule has 8 heteroatoms. The summed E-state index contributed by atoms with van der Waals surface area (Å²) in [6.45, 7) is 0.629. The molecule has 1 aliphatic heterocycles. The van der Waals surface area contributed by atoms with Gasteiger partial charge in [0.1, 0.15) is 0 Å². The Labute approximate surface area is 163 Å². The van der Waals surface area contributed by atoms with Crippen molar-refractivity contribution in [2.24, 2.45) is 5.92 Å². The zero-order valence-electron chi connectivity index (χ0n) is 14.5. The van der Waals surface area contributed by atoms with Gasteiger partial charge in [-0.3, -0.25) is 0 Å². The largest absolute Gasteiger partial charge is 0.322 e. The Morgan fingerprint density at radius 3 is 2.44 bits per heavy atom. The van der Waals surface area contributed by atoms with E-state index in [4.69, 9.17) is 11.6 Å². The smallest absolute Gasteiger partial charge is 0.320 e. The first-order chi connectivity index (χ1) is 12.9. The summed E-state index contributed by atoms with van der Waals surface area (Å²) < 4.78 is 28.0. The van der Waals surface area contributed by atoms with Gasteiger partial charge in [0.25, 0.3) is 0 Å². The molecule has 0 radical (unpaired) electrons. The second-order valence-corrected chi connectivity index (χ2v) is 9.13. The number of likely N-dealkylation sites (tertiary alicyclic amines) is 1. The summed E-state index contributed by atoms with van der Waals surface area (Å²) in [5, 5.41) is 3.30. The Balaban J connectivity index is 1.47. The van der Waals surface area contributed by atoms with Crippen LogP contribution >= 0.6 is 11.6 Å². The molecular formula is C19H20ClN3O3S. The molecule has 142 valence electrons. The van der Waals surface area contributed by atoms with Crippen LogP contribution in [0.15, 0.2) is 59.5 Å². The van der Waals surface area contributed by atoms with Gasteiger partial charge in [-0.2, -0.15) is 0 Å². The molecule has 1 saturated heterocycles. The van der Waals surface area contributed by atoms with E-state index < -0.39 is 10.0 Å². The van der Waals surface area contributed by atoms with E-state index in [2.05, 4.69) is 10.0 Å². The minimum Gasteiger partial charge on any atom is -0.320 e. The van der Waals surface area contributed by atoms with Crippen molar-refractivity contribution in [3.63, 3.8) is 0 Å². The summed E-state index contributed by atoms with van der Waals surface area (Å²) in [7, 11) is -3.61. The third-order valence-electron chi connectivity index (χ3n) is 5.22. The molecule has 2 aromatic rings. The average Bonchev–Trinajstić information content (AvgIpc) is 3.24. The van der Waals surface area contributed by atoms with Gasteiger partial charge in [-0.1, -0.05) is 41.9 Å². The molecule has 6 nitrogen and oxygen atoms in total. The quantitative estimate of drug-likeness (QED) is 0.819. The van der Waals surface area contributed by atoms with Crippen LogP contribution in [0.3, 0.4) is 0 Å². The maximum atomic E-state index is 12.7. The van der Waals surface area contributed by atoms with E-state index in [-0.39, 0.29) is 23.0 Å². The lowest BCUT2D eigenvalue weighted by molar-refractivity contribution is 0.183. The number of amides is 2. The normalized spacial score (nSPS) is 24.2. The third kappa shape index (κ3) is 3.67. The number of benzene rings is 2. The number of carbonyl (C=O) groups excluding carboxylic acids is 1. The van der Waals surface area contributed by atoms with Gasteiger partial charge in [-0.25, -0.2) is 17.9 Å². The van der Waals surface area contributed by atoms with Crippen LogP contribution in [0.4, 0.5) is 10.5 Å². The topological polar surface area (TPSA) is 78.5 Å². The zero-order chi connectivity index (χ0) is 19.0. The average molecular weight is 406 g/mol. The number of carbonyl (C=O) groups is 1. The van der Waals surface area contributed by atoms with E-state index in [1.54, 1.807) is 59.5 Å². The lowest BCUT2D eigenvalue weighted by Gasteiger charge is -2.33. The number of para-hydroxylation sites is 1. The van der Waals surface area contributed by atoms with E-state index in [9.17, 15) is 13.2 Å². The summed E-state index contributed by atoms with van der Waals surface area (Å²) in [5.74, 6) is 0.301. The van der Waals surface area contributed by atoms with E-state index in [1.807, 2.05) is 0 Å². The third-order valence-corrected chi connectivity index (χ3v) is 7.05. The van der Waals surface area contributed by atoms with Gasteiger partial charge in [-0.15, -0.1) is 0 Å². The fraction of sp³-hybridized carbons (Fsp3) is 0.316. The first kappa shape index (κ1) is 18.3. The molecule has 2 fully saturated rings. The molecule has 2 aromatic carbocycles. The van der Waals surface area contributed by atoms with Crippen molar-refractivity contribution in [1.82, 2.24) is 9.62 Å². The lowest BCUT2D eigenvalue weighted by atomic mass is 10.1. The number of hydrogen-bond donors (Lipinski definition) is 2. The number of sulfonamides is 1. The number of rotatable bonds is 4. The Morgan fingerprint density at radius 1 is 1.04 bits per heavy atom. The molecule has 1 saturated carbocycles. The Kier molecular flexibility index (Phi) is 4.84. The van der Waals surface area contributed by atoms with Gasteiger partial charge in [0, 0.05) is 12.6 Å². The molecular weight excluding hydrogens is 386 g/mol.